The molecule has 2 aliphatic heterocycles. The third kappa shape index (κ3) is 3.83. The van der Waals surface area contributed by atoms with E-state index in [1.807, 2.05) is 31.2 Å². The van der Waals surface area contributed by atoms with Crippen LogP contribution in [0.4, 0.5) is 5.69 Å². The second kappa shape index (κ2) is 7.25. The highest BCUT2D eigenvalue weighted by Crippen LogP contribution is 2.28. The minimum atomic E-state index is -0.780. The molecule has 0 radical (unpaired) electrons. The summed E-state index contributed by atoms with van der Waals surface area (Å²) in [5.74, 6) is -1.39. The molecule has 0 aromatic heterocycles. The number of para-hydroxylation sites is 1. The number of aliphatic carboxylic acids is 1. The Morgan fingerprint density at radius 1 is 1.32 bits per heavy atom. The lowest BCUT2D eigenvalue weighted by molar-refractivity contribution is -0.148. The molecule has 2 amide bonds. The van der Waals surface area contributed by atoms with Crippen LogP contribution in [0.2, 0.25) is 0 Å². The van der Waals surface area contributed by atoms with Crippen LogP contribution in [0.25, 0.3) is 0 Å². The van der Waals surface area contributed by atoms with Crippen molar-refractivity contribution in [1.82, 2.24) is 4.90 Å². The van der Waals surface area contributed by atoms with Crippen molar-refractivity contribution >= 4 is 23.5 Å². The van der Waals surface area contributed by atoms with Crippen LogP contribution in [0.15, 0.2) is 24.3 Å². The van der Waals surface area contributed by atoms with Gasteiger partial charge in [0.2, 0.25) is 11.8 Å². The number of carbonyl (C=O) groups is 3. The van der Waals surface area contributed by atoms with Gasteiger partial charge in [0.1, 0.15) is 0 Å². The monoisotopic (exact) mass is 344 g/mol. The van der Waals surface area contributed by atoms with Gasteiger partial charge in [0.25, 0.3) is 0 Å². The number of likely N-dealkylation sites (tertiary alicyclic amines) is 1. The van der Waals surface area contributed by atoms with Crippen molar-refractivity contribution in [2.75, 3.05) is 18.4 Å². The van der Waals surface area contributed by atoms with Crippen molar-refractivity contribution in [3.63, 3.8) is 0 Å². The summed E-state index contributed by atoms with van der Waals surface area (Å²) < 4.78 is 0. The van der Waals surface area contributed by atoms with Gasteiger partial charge in [-0.05, 0) is 36.8 Å². The van der Waals surface area contributed by atoms with Gasteiger partial charge in [-0.2, -0.15) is 0 Å². The summed E-state index contributed by atoms with van der Waals surface area (Å²) in [5.41, 5.74) is 1.97. The summed E-state index contributed by atoms with van der Waals surface area (Å²) in [6, 6.07) is 7.74. The predicted molar refractivity (Wildman–Crippen MR) is 93.0 cm³/mol. The van der Waals surface area contributed by atoms with Gasteiger partial charge in [0.05, 0.1) is 5.92 Å². The Labute approximate surface area is 147 Å². The van der Waals surface area contributed by atoms with Gasteiger partial charge >= 0.3 is 5.97 Å². The van der Waals surface area contributed by atoms with Crippen LogP contribution in [-0.2, 0) is 20.8 Å². The Morgan fingerprint density at radius 3 is 2.80 bits per heavy atom. The average molecular weight is 344 g/mol. The number of anilines is 1. The molecule has 2 N–H and O–H groups in total. The first-order valence-electron chi connectivity index (χ1n) is 8.85. The average Bonchev–Trinajstić information content (AvgIpc) is 2.59. The van der Waals surface area contributed by atoms with E-state index in [-0.39, 0.29) is 29.6 Å². The summed E-state index contributed by atoms with van der Waals surface area (Å²) in [6.07, 6.45) is 2.00. The minimum Gasteiger partial charge on any atom is -0.481 e. The molecule has 0 bridgehead atoms. The highest BCUT2D eigenvalue weighted by molar-refractivity contribution is 5.96. The molecule has 1 saturated heterocycles. The highest BCUT2D eigenvalue weighted by Gasteiger charge is 2.33. The molecule has 3 unspecified atom stereocenters. The lowest BCUT2D eigenvalue weighted by atomic mass is 9.86. The molecule has 1 aromatic carbocycles. The Bertz CT molecular complexity index is 688. The van der Waals surface area contributed by atoms with E-state index in [4.69, 9.17) is 5.11 Å². The van der Waals surface area contributed by atoms with Gasteiger partial charge in [0.15, 0.2) is 0 Å². The number of nitrogens with one attached hydrogen (secondary N) is 1. The maximum Gasteiger partial charge on any atom is 0.306 e. The zero-order valence-corrected chi connectivity index (χ0v) is 14.4. The van der Waals surface area contributed by atoms with E-state index in [0.717, 1.165) is 11.3 Å². The molecule has 0 saturated carbocycles. The summed E-state index contributed by atoms with van der Waals surface area (Å²) in [5, 5.41) is 12.1. The lowest BCUT2D eigenvalue weighted by Gasteiger charge is -2.35. The van der Waals surface area contributed by atoms with Gasteiger partial charge in [0, 0.05) is 31.1 Å². The molecule has 3 atom stereocenters. The molecule has 6 heteroatoms. The standard InChI is InChI=1S/C19H24N2O4/c1-12-11-21(9-8-15(12)19(24)25)17(22)7-6-14-10-13-4-2-3-5-16(13)20-18(14)23/h2-5,12,14-15H,6-11H2,1H3,(H,20,23)(H,24,25). The third-order valence-electron chi connectivity index (χ3n) is 5.39. The quantitative estimate of drug-likeness (QED) is 0.876. The highest BCUT2D eigenvalue weighted by atomic mass is 16.4. The normalized spacial score (nSPS) is 25.9. The molecular weight excluding hydrogens is 320 g/mol. The van der Waals surface area contributed by atoms with Crippen molar-refractivity contribution in [2.45, 2.75) is 32.6 Å². The van der Waals surface area contributed by atoms with Gasteiger partial charge in [-0.15, -0.1) is 0 Å². The maximum absolute atomic E-state index is 12.5. The molecule has 0 aliphatic carbocycles. The van der Waals surface area contributed by atoms with E-state index in [1.165, 1.54) is 0 Å². The number of hydrogen-bond acceptors (Lipinski definition) is 3. The fourth-order valence-electron chi connectivity index (χ4n) is 3.84. The molecule has 1 aromatic rings. The zero-order chi connectivity index (χ0) is 18.0. The molecule has 25 heavy (non-hydrogen) atoms. The first-order chi connectivity index (χ1) is 12.0. The van der Waals surface area contributed by atoms with Gasteiger partial charge in [-0.1, -0.05) is 25.1 Å². The number of amides is 2. The summed E-state index contributed by atoms with van der Waals surface area (Å²) >= 11 is 0. The van der Waals surface area contributed by atoms with Crippen LogP contribution in [0, 0.1) is 17.8 Å². The van der Waals surface area contributed by atoms with E-state index in [9.17, 15) is 14.4 Å². The molecule has 1 fully saturated rings. The zero-order valence-electron chi connectivity index (χ0n) is 14.4. The van der Waals surface area contributed by atoms with E-state index in [1.54, 1.807) is 4.90 Å². The van der Waals surface area contributed by atoms with Crippen LogP contribution in [-0.4, -0.2) is 40.9 Å². The molecule has 2 heterocycles. The van der Waals surface area contributed by atoms with E-state index in [2.05, 4.69) is 5.32 Å². The largest absolute Gasteiger partial charge is 0.481 e. The number of rotatable bonds is 4. The topological polar surface area (TPSA) is 86.7 Å². The van der Waals surface area contributed by atoms with Crippen molar-refractivity contribution in [3.05, 3.63) is 29.8 Å². The van der Waals surface area contributed by atoms with Gasteiger partial charge in [-0.25, -0.2) is 0 Å². The van der Waals surface area contributed by atoms with Crippen LogP contribution in [0.5, 0.6) is 0 Å². The number of piperidine rings is 1. The van der Waals surface area contributed by atoms with Gasteiger partial charge < -0.3 is 15.3 Å². The number of carboxylic acid groups (broad SMARTS) is 1. The molecule has 0 spiro atoms. The number of carboxylic acids is 1. The Morgan fingerprint density at radius 2 is 2.08 bits per heavy atom. The van der Waals surface area contributed by atoms with Crippen LogP contribution >= 0.6 is 0 Å². The summed E-state index contributed by atoms with van der Waals surface area (Å²) in [4.78, 5) is 37.6. The molecular formula is C19H24N2O4. The second-order valence-electron chi connectivity index (χ2n) is 7.14. The number of carbonyl (C=O) groups excluding carboxylic acids is 2. The fraction of sp³-hybridized carbons (Fsp3) is 0.526. The van der Waals surface area contributed by atoms with Gasteiger partial charge in [-0.3, -0.25) is 14.4 Å². The van der Waals surface area contributed by atoms with E-state index in [0.29, 0.717) is 38.8 Å². The molecule has 134 valence electrons. The second-order valence-corrected chi connectivity index (χ2v) is 7.14. The van der Waals surface area contributed by atoms with Crippen molar-refractivity contribution in [1.29, 1.82) is 0 Å². The molecule has 2 aliphatic rings. The molecule has 6 nitrogen and oxygen atoms in total. The van der Waals surface area contributed by atoms with E-state index >= 15 is 0 Å². The lowest BCUT2D eigenvalue weighted by Crippen LogP contribution is -2.45. The predicted octanol–water partition coefficient (Wildman–Crippen LogP) is 2.15. The Balaban J connectivity index is 1.53. The number of benzene rings is 1. The number of fused-ring (bicyclic) bond motifs is 1. The first kappa shape index (κ1) is 17.5. The van der Waals surface area contributed by atoms with E-state index < -0.39 is 5.97 Å². The smallest absolute Gasteiger partial charge is 0.306 e. The first-order valence-corrected chi connectivity index (χ1v) is 8.85. The SMILES string of the molecule is CC1CN(C(=O)CCC2Cc3ccccc3NC2=O)CCC1C(=O)O. The third-order valence-corrected chi connectivity index (χ3v) is 5.39. The van der Waals surface area contributed by atoms with Crippen molar-refractivity contribution in [2.24, 2.45) is 17.8 Å². The number of nitrogens with zero attached hydrogens (tertiary/aromatic N) is 1. The summed E-state index contributed by atoms with van der Waals surface area (Å²) in [6.45, 7) is 2.85. The van der Waals surface area contributed by atoms with Crippen LogP contribution in [0.1, 0.15) is 31.7 Å². The Hall–Kier alpha value is -2.37. The Kier molecular flexibility index (Phi) is 5.06. The van der Waals surface area contributed by atoms with Crippen molar-refractivity contribution in [3.8, 4) is 0 Å². The molecule has 3 rings (SSSR count). The fourth-order valence-corrected chi connectivity index (χ4v) is 3.84. The van der Waals surface area contributed by atoms with Crippen LogP contribution in [0.3, 0.4) is 0 Å². The van der Waals surface area contributed by atoms with Crippen molar-refractivity contribution < 1.29 is 19.5 Å². The number of hydrogen-bond donors (Lipinski definition) is 2. The summed E-state index contributed by atoms with van der Waals surface area (Å²) in [7, 11) is 0. The minimum absolute atomic E-state index is 0.0161. The maximum atomic E-state index is 12.5. The van der Waals surface area contributed by atoms with Crippen LogP contribution < -0.4 is 5.32 Å².